The highest BCUT2D eigenvalue weighted by atomic mass is 31.2. The first-order valence-electron chi connectivity index (χ1n) is 5.13. The molecule has 0 aromatic carbocycles. The minimum Gasteiger partial charge on any atom is -0.480 e. The lowest BCUT2D eigenvalue weighted by atomic mass is 10.1. The molecule has 0 saturated carbocycles. The number of carbonyl (C=O) groups is 2. The lowest BCUT2D eigenvalue weighted by Crippen LogP contribution is -2.47. The van der Waals surface area contributed by atoms with Gasteiger partial charge in [-0.25, -0.2) is 0 Å². The molecule has 0 aliphatic carbocycles. The number of hydrogen-bond acceptors (Lipinski definition) is 6. The molecule has 0 amide bonds. The molecule has 1 atom stereocenters. The molecule has 0 fully saturated rings. The largest absolute Gasteiger partial charge is 0.480 e. The average Bonchev–Trinajstić information content (AvgIpc) is 2.23. The summed E-state index contributed by atoms with van der Waals surface area (Å²) in [5.41, 5.74) is -0.917. The Bertz CT molecular complexity index is 376. The molecule has 0 bridgehead atoms. The summed E-state index contributed by atoms with van der Waals surface area (Å²) in [6.45, 7) is 5.66. The zero-order chi connectivity index (χ0) is 14.8. The minimum absolute atomic E-state index is 0.917. The molecule has 8 heteroatoms. The summed E-state index contributed by atoms with van der Waals surface area (Å²) in [6, 6.07) is 0. The van der Waals surface area contributed by atoms with Crippen LogP contribution >= 0.6 is 7.60 Å². The zero-order valence-corrected chi connectivity index (χ0v) is 12.2. The summed E-state index contributed by atoms with van der Waals surface area (Å²) >= 11 is 0. The fraction of sp³-hybridized carbons (Fsp3) is 0.800. The van der Waals surface area contributed by atoms with E-state index in [4.69, 9.17) is 9.84 Å². The van der Waals surface area contributed by atoms with E-state index >= 15 is 0 Å². The topological polar surface area (TPSA) is 99.1 Å². The fourth-order valence-electron chi connectivity index (χ4n) is 1.13. The van der Waals surface area contributed by atoms with Crippen LogP contribution in [0.25, 0.3) is 0 Å². The van der Waals surface area contributed by atoms with Crippen molar-refractivity contribution in [3.63, 3.8) is 0 Å². The van der Waals surface area contributed by atoms with Gasteiger partial charge in [0.1, 0.15) is 5.60 Å². The maximum atomic E-state index is 12.2. The van der Waals surface area contributed by atoms with Gasteiger partial charge >= 0.3 is 19.5 Å². The molecule has 7 nitrogen and oxygen atoms in total. The van der Waals surface area contributed by atoms with E-state index in [0.717, 1.165) is 21.1 Å². The number of aliphatic carboxylic acids is 1. The van der Waals surface area contributed by atoms with Gasteiger partial charge in [0.2, 0.25) is 0 Å². The van der Waals surface area contributed by atoms with Crippen molar-refractivity contribution in [3.8, 4) is 0 Å². The Balaban J connectivity index is 5.63. The van der Waals surface area contributed by atoms with E-state index in [2.05, 4.69) is 9.05 Å². The number of carboxylic acid groups (broad SMARTS) is 1. The van der Waals surface area contributed by atoms with E-state index < -0.39 is 30.3 Å². The Morgan fingerprint density at radius 1 is 1.06 bits per heavy atom. The molecule has 0 aromatic rings. The Morgan fingerprint density at radius 3 is 1.67 bits per heavy atom. The number of hydrogen-bond donors (Lipinski definition) is 1. The van der Waals surface area contributed by atoms with E-state index in [1.54, 1.807) is 20.8 Å². The summed E-state index contributed by atoms with van der Waals surface area (Å²) < 4.78 is 26.4. The first kappa shape index (κ1) is 17.1. The normalized spacial score (nSPS) is 15.9. The first-order chi connectivity index (χ1) is 7.94. The second-order valence-corrected chi connectivity index (χ2v) is 7.36. The number of ether oxygens (including phenoxy) is 1. The molecule has 0 aliphatic rings. The maximum Gasteiger partial charge on any atom is 0.358 e. The Morgan fingerprint density at radius 2 is 1.44 bits per heavy atom. The van der Waals surface area contributed by atoms with E-state index in [1.165, 1.54) is 0 Å². The molecule has 0 radical (unpaired) electrons. The third-order valence-electron chi connectivity index (χ3n) is 2.24. The smallest absolute Gasteiger partial charge is 0.358 e. The van der Waals surface area contributed by atoms with Crippen molar-refractivity contribution in [2.75, 3.05) is 14.2 Å². The summed E-state index contributed by atoms with van der Waals surface area (Å²) in [6.07, 6.45) is 0. The van der Waals surface area contributed by atoms with E-state index in [0.29, 0.717) is 0 Å². The van der Waals surface area contributed by atoms with Gasteiger partial charge in [0.05, 0.1) is 0 Å². The molecule has 0 saturated heterocycles. The van der Waals surface area contributed by atoms with E-state index in [1.807, 2.05) is 0 Å². The van der Waals surface area contributed by atoms with Crippen LogP contribution in [-0.4, -0.2) is 42.0 Å². The molecule has 0 aromatic heterocycles. The Hall–Kier alpha value is -0.910. The van der Waals surface area contributed by atoms with Crippen LogP contribution in [0.4, 0.5) is 0 Å². The van der Waals surface area contributed by atoms with Crippen LogP contribution in [0.2, 0.25) is 0 Å². The lowest BCUT2D eigenvalue weighted by Gasteiger charge is -2.31. The third kappa shape index (κ3) is 3.10. The molecule has 106 valence electrons. The van der Waals surface area contributed by atoms with Gasteiger partial charge in [0.25, 0.3) is 5.16 Å². The van der Waals surface area contributed by atoms with Crippen molar-refractivity contribution < 1.29 is 33.0 Å². The van der Waals surface area contributed by atoms with Crippen molar-refractivity contribution >= 4 is 19.5 Å². The van der Waals surface area contributed by atoms with Gasteiger partial charge in [-0.2, -0.15) is 0 Å². The molecule has 1 unspecified atom stereocenters. The zero-order valence-electron chi connectivity index (χ0n) is 11.3. The lowest BCUT2D eigenvalue weighted by molar-refractivity contribution is -0.164. The highest BCUT2D eigenvalue weighted by molar-refractivity contribution is 7.58. The molecule has 0 rings (SSSR count). The van der Waals surface area contributed by atoms with Crippen molar-refractivity contribution in [3.05, 3.63) is 0 Å². The maximum absolute atomic E-state index is 12.2. The van der Waals surface area contributed by atoms with Crippen LogP contribution < -0.4 is 0 Å². The van der Waals surface area contributed by atoms with Gasteiger partial charge in [-0.05, 0) is 27.7 Å². The van der Waals surface area contributed by atoms with Crippen LogP contribution in [0.5, 0.6) is 0 Å². The van der Waals surface area contributed by atoms with Gasteiger partial charge < -0.3 is 18.9 Å². The molecule has 0 spiro atoms. The van der Waals surface area contributed by atoms with Gasteiger partial charge in [0.15, 0.2) is 0 Å². The predicted octanol–water partition coefficient (Wildman–Crippen LogP) is 1.66. The van der Waals surface area contributed by atoms with Gasteiger partial charge in [0, 0.05) is 14.2 Å². The Labute approximate surface area is 106 Å². The van der Waals surface area contributed by atoms with Crippen LogP contribution in [0.3, 0.4) is 0 Å². The molecular weight excluding hydrogens is 263 g/mol. The third-order valence-corrected chi connectivity index (χ3v) is 4.67. The van der Waals surface area contributed by atoms with Crippen LogP contribution in [0.1, 0.15) is 27.7 Å². The monoisotopic (exact) mass is 282 g/mol. The first-order valence-corrected chi connectivity index (χ1v) is 6.67. The highest BCUT2D eigenvalue weighted by Gasteiger charge is 2.61. The molecular formula is C10H19O7P. The van der Waals surface area contributed by atoms with Crippen LogP contribution in [-0.2, 0) is 27.9 Å². The van der Waals surface area contributed by atoms with Crippen molar-refractivity contribution in [2.45, 2.75) is 38.5 Å². The molecule has 0 heterocycles. The van der Waals surface area contributed by atoms with E-state index in [-0.39, 0.29) is 0 Å². The quantitative estimate of drug-likeness (QED) is 0.465. The Kier molecular flexibility index (Phi) is 5.11. The van der Waals surface area contributed by atoms with Gasteiger partial charge in [-0.3, -0.25) is 14.2 Å². The number of carboxylic acids is 1. The molecule has 18 heavy (non-hydrogen) atoms. The van der Waals surface area contributed by atoms with Gasteiger partial charge in [-0.1, -0.05) is 0 Å². The summed E-state index contributed by atoms with van der Waals surface area (Å²) in [7, 11) is -2.16. The van der Waals surface area contributed by atoms with Crippen LogP contribution in [0.15, 0.2) is 0 Å². The van der Waals surface area contributed by atoms with Gasteiger partial charge in [-0.15, -0.1) is 0 Å². The summed E-state index contributed by atoms with van der Waals surface area (Å²) in [5.74, 6) is -2.81. The van der Waals surface area contributed by atoms with Crippen molar-refractivity contribution in [1.29, 1.82) is 0 Å². The summed E-state index contributed by atoms with van der Waals surface area (Å²) in [5, 5.41) is 6.75. The standard InChI is InChI=1S/C10H19O7P/c1-9(2,3)17-8(13)10(4,7(11)12)18(14,15-5)16-6/h1-6H3,(H,11,12). The molecule has 1 N–H and O–H groups in total. The second-order valence-electron chi connectivity index (χ2n) is 4.74. The minimum atomic E-state index is -4.18. The summed E-state index contributed by atoms with van der Waals surface area (Å²) in [4.78, 5) is 23.2. The SMILES string of the molecule is COP(=O)(OC)C(C)(C(=O)O)C(=O)OC(C)(C)C. The highest BCUT2D eigenvalue weighted by Crippen LogP contribution is 2.59. The number of esters is 1. The molecule has 0 aliphatic heterocycles. The van der Waals surface area contributed by atoms with Crippen molar-refractivity contribution in [2.24, 2.45) is 0 Å². The predicted molar refractivity (Wildman–Crippen MR) is 63.5 cm³/mol. The number of carbonyl (C=O) groups excluding carboxylic acids is 1. The van der Waals surface area contributed by atoms with Crippen LogP contribution in [0, 0.1) is 0 Å². The fourth-order valence-corrected chi connectivity index (χ4v) is 2.52. The second kappa shape index (κ2) is 5.38. The van der Waals surface area contributed by atoms with Crippen molar-refractivity contribution in [1.82, 2.24) is 0 Å². The number of rotatable bonds is 5. The average molecular weight is 282 g/mol. The van der Waals surface area contributed by atoms with E-state index in [9.17, 15) is 14.2 Å².